The van der Waals surface area contributed by atoms with E-state index in [4.69, 9.17) is 0 Å². The molecule has 138 valence electrons. The molecule has 3 heteroatoms. The average molecular weight is 337 g/mol. The van der Waals surface area contributed by atoms with Crippen molar-refractivity contribution in [2.75, 3.05) is 6.61 Å². The predicted octanol–water partition coefficient (Wildman–Crippen LogP) is 3.96. The lowest BCUT2D eigenvalue weighted by Crippen LogP contribution is -2.58. The normalized spacial score (nSPS) is 51.2. The quantitative estimate of drug-likeness (QED) is 0.751. The van der Waals surface area contributed by atoms with Crippen LogP contribution in [-0.2, 0) is 4.79 Å². The Hall–Kier alpha value is -0.410. The molecule has 0 saturated heterocycles. The Labute approximate surface area is 147 Å². The van der Waals surface area contributed by atoms with Gasteiger partial charge >= 0.3 is 0 Å². The number of carbonyl (C=O) groups excluding carboxylic acids is 1. The van der Waals surface area contributed by atoms with E-state index in [2.05, 4.69) is 27.7 Å². The van der Waals surface area contributed by atoms with E-state index in [9.17, 15) is 15.0 Å². The zero-order chi connectivity index (χ0) is 17.8. The van der Waals surface area contributed by atoms with Crippen LogP contribution in [-0.4, -0.2) is 28.7 Å². The second kappa shape index (κ2) is 5.81. The standard InChI is InChI=1S/C21H36O3/c1-15-6-7-17-19(4,12-21(15,24)14-23)11-8-16-18(2,3)9-5-10-20(16,17)13-22/h13,15-17,23-24H,5-12,14H2,1-4H3. The van der Waals surface area contributed by atoms with Gasteiger partial charge in [0.05, 0.1) is 12.2 Å². The van der Waals surface area contributed by atoms with Gasteiger partial charge in [0.15, 0.2) is 0 Å². The highest BCUT2D eigenvalue weighted by molar-refractivity contribution is 5.62. The molecule has 3 saturated carbocycles. The van der Waals surface area contributed by atoms with Crippen molar-refractivity contribution in [1.82, 2.24) is 0 Å². The van der Waals surface area contributed by atoms with Crippen molar-refractivity contribution in [1.29, 1.82) is 0 Å². The summed E-state index contributed by atoms with van der Waals surface area (Å²) in [5, 5.41) is 20.9. The summed E-state index contributed by atoms with van der Waals surface area (Å²) in [6, 6.07) is 0. The molecular weight excluding hydrogens is 300 g/mol. The van der Waals surface area contributed by atoms with Crippen LogP contribution in [0.2, 0.25) is 0 Å². The number of hydrogen-bond donors (Lipinski definition) is 2. The van der Waals surface area contributed by atoms with Gasteiger partial charge in [0, 0.05) is 5.41 Å². The number of fused-ring (bicyclic) bond motifs is 3. The molecule has 3 aliphatic carbocycles. The van der Waals surface area contributed by atoms with Crippen molar-refractivity contribution in [2.24, 2.45) is 34.0 Å². The first-order valence-electron chi connectivity index (χ1n) is 9.93. The largest absolute Gasteiger partial charge is 0.393 e. The van der Waals surface area contributed by atoms with E-state index in [1.807, 2.05) is 0 Å². The van der Waals surface area contributed by atoms with Crippen molar-refractivity contribution >= 4 is 6.29 Å². The van der Waals surface area contributed by atoms with Crippen LogP contribution in [0.3, 0.4) is 0 Å². The van der Waals surface area contributed by atoms with Gasteiger partial charge in [-0.3, -0.25) is 0 Å². The van der Waals surface area contributed by atoms with Gasteiger partial charge in [-0.1, -0.05) is 34.1 Å². The first kappa shape index (κ1) is 18.4. The molecule has 3 rings (SSSR count). The van der Waals surface area contributed by atoms with Crippen LogP contribution < -0.4 is 0 Å². The zero-order valence-corrected chi connectivity index (χ0v) is 16.0. The molecule has 0 heterocycles. The molecular formula is C21H36O3. The van der Waals surface area contributed by atoms with Crippen LogP contribution in [0.15, 0.2) is 0 Å². The minimum absolute atomic E-state index is 0.0485. The van der Waals surface area contributed by atoms with Crippen molar-refractivity contribution in [2.45, 2.75) is 84.7 Å². The van der Waals surface area contributed by atoms with Gasteiger partial charge in [-0.15, -0.1) is 0 Å². The van der Waals surface area contributed by atoms with Crippen LogP contribution in [0.4, 0.5) is 0 Å². The maximum Gasteiger partial charge on any atom is 0.126 e. The fraction of sp³-hybridized carbons (Fsp3) is 0.952. The van der Waals surface area contributed by atoms with Crippen molar-refractivity contribution in [3.8, 4) is 0 Å². The summed E-state index contributed by atoms with van der Waals surface area (Å²) in [5.41, 5.74) is -1.04. The number of aliphatic hydroxyl groups is 2. The molecule has 3 fully saturated rings. The Bertz CT molecular complexity index is 501. The second-order valence-corrected chi connectivity index (χ2v) is 10.3. The van der Waals surface area contributed by atoms with E-state index < -0.39 is 5.60 Å². The first-order chi connectivity index (χ1) is 11.1. The van der Waals surface area contributed by atoms with Gasteiger partial charge in [-0.05, 0) is 73.5 Å². The summed E-state index contributed by atoms with van der Waals surface area (Å²) in [5.74, 6) is 0.887. The Morgan fingerprint density at radius 1 is 1.04 bits per heavy atom. The molecule has 0 aromatic carbocycles. The van der Waals surface area contributed by atoms with Gasteiger partial charge in [-0.25, -0.2) is 0 Å². The second-order valence-electron chi connectivity index (χ2n) is 10.3. The summed E-state index contributed by atoms with van der Waals surface area (Å²) in [6.45, 7) is 8.87. The highest BCUT2D eigenvalue weighted by Crippen LogP contribution is 2.67. The van der Waals surface area contributed by atoms with Gasteiger partial charge in [0.2, 0.25) is 0 Å². The molecule has 0 radical (unpaired) electrons. The highest BCUT2D eigenvalue weighted by Gasteiger charge is 2.62. The maximum atomic E-state index is 12.5. The Morgan fingerprint density at radius 3 is 2.38 bits per heavy atom. The maximum absolute atomic E-state index is 12.5. The SMILES string of the molecule is CC1CCC2C(C)(CCC3C(C)(C)CCCC32C=O)CC1(O)CO. The first-order valence-corrected chi connectivity index (χ1v) is 9.93. The van der Waals surface area contributed by atoms with Gasteiger partial charge in [-0.2, -0.15) is 0 Å². The van der Waals surface area contributed by atoms with Crippen LogP contribution in [0.5, 0.6) is 0 Å². The smallest absolute Gasteiger partial charge is 0.126 e. The number of rotatable bonds is 2. The van der Waals surface area contributed by atoms with E-state index in [0.717, 1.165) is 38.5 Å². The van der Waals surface area contributed by atoms with Crippen molar-refractivity contribution < 1.29 is 15.0 Å². The molecule has 3 aliphatic rings. The minimum atomic E-state index is -0.995. The lowest BCUT2D eigenvalue weighted by Gasteiger charge is -2.61. The van der Waals surface area contributed by atoms with Crippen LogP contribution in [0.1, 0.15) is 79.1 Å². The number of carbonyl (C=O) groups is 1. The monoisotopic (exact) mass is 336 g/mol. The lowest BCUT2D eigenvalue weighted by atomic mass is 9.42. The van der Waals surface area contributed by atoms with E-state index in [-0.39, 0.29) is 28.8 Å². The average Bonchev–Trinajstić information content (AvgIpc) is 2.62. The fourth-order valence-corrected chi connectivity index (χ4v) is 7.12. The number of hydrogen-bond acceptors (Lipinski definition) is 3. The summed E-state index contributed by atoms with van der Waals surface area (Å²) in [7, 11) is 0. The summed E-state index contributed by atoms with van der Waals surface area (Å²) >= 11 is 0. The molecule has 2 N–H and O–H groups in total. The minimum Gasteiger partial charge on any atom is -0.393 e. The van der Waals surface area contributed by atoms with Gasteiger partial charge in [0.25, 0.3) is 0 Å². The molecule has 0 aliphatic heterocycles. The molecule has 0 spiro atoms. The van der Waals surface area contributed by atoms with Crippen LogP contribution in [0, 0.1) is 34.0 Å². The van der Waals surface area contributed by atoms with E-state index in [0.29, 0.717) is 18.3 Å². The molecule has 6 unspecified atom stereocenters. The fourth-order valence-electron chi connectivity index (χ4n) is 7.12. The summed E-state index contributed by atoms with van der Waals surface area (Å²) in [4.78, 5) is 12.5. The predicted molar refractivity (Wildman–Crippen MR) is 95.5 cm³/mol. The topological polar surface area (TPSA) is 57.5 Å². The number of aliphatic hydroxyl groups excluding tert-OH is 1. The molecule has 24 heavy (non-hydrogen) atoms. The summed E-state index contributed by atoms with van der Waals surface area (Å²) < 4.78 is 0. The Kier molecular flexibility index (Phi) is 4.45. The lowest BCUT2D eigenvalue weighted by molar-refractivity contribution is -0.165. The third kappa shape index (κ3) is 2.49. The molecule has 6 atom stereocenters. The molecule has 0 aromatic heterocycles. The number of aldehydes is 1. The van der Waals surface area contributed by atoms with Gasteiger partial charge < -0.3 is 15.0 Å². The third-order valence-corrected chi connectivity index (χ3v) is 8.53. The van der Waals surface area contributed by atoms with Crippen LogP contribution >= 0.6 is 0 Å². The molecule has 0 aromatic rings. The zero-order valence-electron chi connectivity index (χ0n) is 16.0. The van der Waals surface area contributed by atoms with E-state index >= 15 is 0 Å². The van der Waals surface area contributed by atoms with E-state index in [1.165, 1.54) is 12.7 Å². The van der Waals surface area contributed by atoms with E-state index in [1.54, 1.807) is 0 Å². The molecule has 0 bridgehead atoms. The Morgan fingerprint density at radius 2 is 1.75 bits per heavy atom. The molecule has 0 amide bonds. The van der Waals surface area contributed by atoms with Crippen LogP contribution in [0.25, 0.3) is 0 Å². The molecule has 3 nitrogen and oxygen atoms in total. The van der Waals surface area contributed by atoms with Gasteiger partial charge in [0.1, 0.15) is 6.29 Å². The summed E-state index contributed by atoms with van der Waals surface area (Å²) in [6.07, 6.45) is 9.36. The highest BCUT2D eigenvalue weighted by atomic mass is 16.3. The van der Waals surface area contributed by atoms with Crippen molar-refractivity contribution in [3.63, 3.8) is 0 Å². The third-order valence-electron chi connectivity index (χ3n) is 8.53. The van der Waals surface area contributed by atoms with Crippen molar-refractivity contribution in [3.05, 3.63) is 0 Å². The Balaban J connectivity index is 2.04.